The molecule has 3 heterocycles. The van der Waals surface area contributed by atoms with E-state index in [0.717, 1.165) is 55.8 Å². The van der Waals surface area contributed by atoms with Gasteiger partial charge in [-0.15, -0.1) is 11.3 Å². The van der Waals surface area contributed by atoms with Crippen molar-refractivity contribution in [2.24, 2.45) is 0 Å². The van der Waals surface area contributed by atoms with E-state index in [1.807, 2.05) is 23.5 Å². The standard InChI is InChI=1S/C48H30N2OS/c1-2-12-32(13-3-1)50-41-19-7-4-14-36(41)37-29-28-34(30-43(37)50)49(42-20-11-23-46-47(42)40-16-6-9-22-45(40)52-46)33-26-24-31(25-27-33)35-17-10-18-39-38-15-5-8-21-44(38)51-48(35)39/h1-30H. The van der Waals surface area contributed by atoms with Crippen LogP contribution in [0.1, 0.15) is 0 Å². The van der Waals surface area contributed by atoms with Crippen LogP contribution in [0, 0.1) is 0 Å². The van der Waals surface area contributed by atoms with E-state index < -0.39 is 0 Å². The summed E-state index contributed by atoms with van der Waals surface area (Å²) in [7, 11) is 0. The zero-order chi connectivity index (χ0) is 34.2. The Morgan fingerprint density at radius 1 is 0.462 bits per heavy atom. The van der Waals surface area contributed by atoms with Gasteiger partial charge in [-0.1, -0.05) is 115 Å². The lowest BCUT2D eigenvalue weighted by Crippen LogP contribution is -2.10. The van der Waals surface area contributed by atoms with Crippen molar-refractivity contribution in [1.82, 2.24) is 4.57 Å². The molecule has 52 heavy (non-hydrogen) atoms. The highest BCUT2D eigenvalue weighted by atomic mass is 32.1. The molecule has 0 N–H and O–H groups in total. The van der Waals surface area contributed by atoms with Crippen molar-refractivity contribution in [1.29, 1.82) is 0 Å². The number of furan rings is 1. The number of aromatic nitrogens is 1. The molecule has 0 aliphatic rings. The van der Waals surface area contributed by atoms with E-state index in [9.17, 15) is 0 Å². The van der Waals surface area contributed by atoms with Gasteiger partial charge < -0.3 is 13.9 Å². The maximum atomic E-state index is 6.44. The second-order valence-electron chi connectivity index (χ2n) is 13.3. The SMILES string of the molecule is c1ccc(-n2c3ccccc3c3ccc(N(c4ccc(-c5cccc6c5oc5ccccc56)cc4)c4cccc5sc6ccccc6c45)cc32)cc1. The van der Waals surface area contributed by atoms with Gasteiger partial charge in [0, 0.05) is 64.3 Å². The fourth-order valence-electron chi connectivity index (χ4n) is 8.09. The van der Waals surface area contributed by atoms with Gasteiger partial charge in [0.1, 0.15) is 11.2 Å². The molecule has 8 aromatic carbocycles. The van der Waals surface area contributed by atoms with Crippen LogP contribution in [0.2, 0.25) is 0 Å². The topological polar surface area (TPSA) is 21.3 Å². The van der Waals surface area contributed by atoms with Crippen LogP contribution >= 0.6 is 11.3 Å². The molecule has 0 bridgehead atoms. The molecule has 0 fully saturated rings. The van der Waals surface area contributed by atoms with Gasteiger partial charge >= 0.3 is 0 Å². The van der Waals surface area contributed by atoms with Crippen LogP contribution < -0.4 is 4.90 Å². The quantitative estimate of drug-likeness (QED) is 0.180. The average Bonchev–Trinajstić information content (AvgIpc) is 3.88. The number of nitrogens with zero attached hydrogens (tertiary/aromatic N) is 2. The van der Waals surface area contributed by atoms with E-state index >= 15 is 0 Å². The Bertz CT molecular complexity index is 3130. The van der Waals surface area contributed by atoms with Gasteiger partial charge in [0.15, 0.2) is 0 Å². The van der Waals surface area contributed by atoms with Crippen molar-refractivity contribution in [3.05, 3.63) is 182 Å². The molecule has 0 spiro atoms. The maximum absolute atomic E-state index is 6.44. The number of rotatable bonds is 5. The molecule has 0 amide bonds. The van der Waals surface area contributed by atoms with Crippen LogP contribution in [0.4, 0.5) is 17.1 Å². The van der Waals surface area contributed by atoms with Gasteiger partial charge in [0.25, 0.3) is 0 Å². The van der Waals surface area contributed by atoms with Crippen molar-refractivity contribution in [2.75, 3.05) is 4.90 Å². The molecule has 0 aliphatic carbocycles. The molecule has 3 nitrogen and oxygen atoms in total. The van der Waals surface area contributed by atoms with E-state index in [-0.39, 0.29) is 0 Å². The predicted molar refractivity (Wildman–Crippen MR) is 221 cm³/mol. The Hall–Kier alpha value is -6.62. The molecule has 11 rings (SSSR count). The first-order chi connectivity index (χ1) is 25.8. The zero-order valence-corrected chi connectivity index (χ0v) is 28.8. The molecule has 0 atom stereocenters. The number of benzene rings is 8. The van der Waals surface area contributed by atoms with Crippen LogP contribution in [0.5, 0.6) is 0 Å². The summed E-state index contributed by atoms with van der Waals surface area (Å²) >= 11 is 1.85. The average molecular weight is 683 g/mol. The van der Waals surface area contributed by atoms with Crippen molar-refractivity contribution in [3.8, 4) is 16.8 Å². The highest BCUT2D eigenvalue weighted by molar-refractivity contribution is 7.26. The van der Waals surface area contributed by atoms with Crippen LogP contribution in [0.15, 0.2) is 186 Å². The van der Waals surface area contributed by atoms with Gasteiger partial charge in [0.05, 0.1) is 16.7 Å². The highest BCUT2D eigenvalue weighted by Gasteiger charge is 2.21. The molecular weight excluding hydrogens is 653 g/mol. The zero-order valence-electron chi connectivity index (χ0n) is 28.0. The first-order valence-corrected chi connectivity index (χ1v) is 18.4. The Morgan fingerprint density at radius 2 is 1.13 bits per heavy atom. The number of hydrogen-bond donors (Lipinski definition) is 0. The predicted octanol–water partition coefficient (Wildman–Crippen LogP) is 14.2. The summed E-state index contributed by atoms with van der Waals surface area (Å²) in [6, 6.07) is 65.5. The van der Waals surface area contributed by atoms with Crippen LogP contribution in [-0.2, 0) is 0 Å². The molecule has 3 aromatic heterocycles. The second-order valence-corrected chi connectivity index (χ2v) is 14.4. The lowest BCUT2D eigenvalue weighted by molar-refractivity contribution is 0.670. The monoisotopic (exact) mass is 682 g/mol. The minimum absolute atomic E-state index is 0.909. The Morgan fingerprint density at radius 3 is 2.02 bits per heavy atom. The number of para-hydroxylation sites is 4. The fraction of sp³-hybridized carbons (Fsp3) is 0. The number of hydrogen-bond acceptors (Lipinski definition) is 3. The van der Waals surface area contributed by atoms with Crippen LogP contribution in [0.25, 0.3) is 80.7 Å². The normalized spacial score (nSPS) is 11.8. The fourth-order valence-corrected chi connectivity index (χ4v) is 9.21. The maximum Gasteiger partial charge on any atom is 0.143 e. The van der Waals surface area contributed by atoms with Crippen molar-refractivity contribution in [2.45, 2.75) is 0 Å². The molecule has 0 unspecified atom stereocenters. The van der Waals surface area contributed by atoms with Crippen LogP contribution in [-0.4, -0.2) is 4.57 Å². The van der Waals surface area contributed by atoms with Gasteiger partial charge in [-0.25, -0.2) is 0 Å². The summed E-state index contributed by atoms with van der Waals surface area (Å²) in [6.07, 6.45) is 0. The molecule has 0 saturated heterocycles. The van der Waals surface area contributed by atoms with Gasteiger partial charge in [-0.05, 0) is 72.3 Å². The second kappa shape index (κ2) is 11.5. The summed E-state index contributed by atoms with van der Waals surface area (Å²) in [5.41, 5.74) is 10.9. The van der Waals surface area contributed by atoms with Gasteiger partial charge in [-0.2, -0.15) is 0 Å². The molecule has 244 valence electrons. The van der Waals surface area contributed by atoms with E-state index in [1.54, 1.807) is 0 Å². The summed E-state index contributed by atoms with van der Waals surface area (Å²) in [4.78, 5) is 2.43. The summed E-state index contributed by atoms with van der Waals surface area (Å²) in [5.74, 6) is 0. The minimum atomic E-state index is 0.909. The molecule has 4 heteroatoms. The minimum Gasteiger partial charge on any atom is -0.455 e. The molecule has 11 aromatic rings. The molecule has 0 radical (unpaired) electrons. The largest absolute Gasteiger partial charge is 0.455 e. The smallest absolute Gasteiger partial charge is 0.143 e. The molecular formula is C48H30N2OS. The first-order valence-electron chi connectivity index (χ1n) is 17.6. The number of anilines is 3. The Labute approximate surface area is 303 Å². The van der Waals surface area contributed by atoms with Gasteiger partial charge in [0.2, 0.25) is 0 Å². The third-order valence-corrected chi connectivity index (χ3v) is 11.5. The van der Waals surface area contributed by atoms with Crippen molar-refractivity contribution >= 4 is 92.3 Å². The third kappa shape index (κ3) is 4.38. The van der Waals surface area contributed by atoms with Crippen molar-refractivity contribution < 1.29 is 4.42 Å². The third-order valence-electron chi connectivity index (χ3n) is 10.4. The number of fused-ring (bicyclic) bond motifs is 9. The van der Waals surface area contributed by atoms with E-state index in [4.69, 9.17) is 4.42 Å². The van der Waals surface area contributed by atoms with Gasteiger partial charge in [-0.3, -0.25) is 0 Å². The lowest BCUT2D eigenvalue weighted by Gasteiger charge is -2.27. The van der Waals surface area contributed by atoms with E-state index in [2.05, 4.69) is 179 Å². The van der Waals surface area contributed by atoms with Crippen molar-refractivity contribution in [3.63, 3.8) is 0 Å². The Kier molecular flexibility index (Phi) is 6.42. The van der Waals surface area contributed by atoms with E-state index in [1.165, 1.54) is 42.0 Å². The summed E-state index contributed by atoms with van der Waals surface area (Å²) in [5, 5.41) is 7.29. The Balaban J connectivity index is 1.15. The highest BCUT2D eigenvalue weighted by Crippen LogP contribution is 2.46. The summed E-state index contributed by atoms with van der Waals surface area (Å²) < 4.78 is 11.4. The first kappa shape index (κ1) is 29.1. The number of thiophene rings is 1. The lowest BCUT2D eigenvalue weighted by atomic mass is 10.0. The van der Waals surface area contributed by atoms with E-state index in [0.29, 0.717) is 0 Å². The summed E-state index contributed by atoms with van der Waals surface area (Å²) in [6.45, 7) is 0. The molecule has 0 aliphatic heterocycles. The molecule has 0 saturated carbocycles. The van der Waals surface area contributed by atoms with Crippen LogP contribution in [0.3, 0.4) is 0 Å².